The van der Waals surface area contributed by atoms with E-state index in [9.17, 15) is 14.4 Å². The highest BCUT2D eigenvalue weighted by atomic mass is 16.4. The first-order valence-corrected chi connectivity index (χ1v) is 6.02. The molecule has 1 aliphatic heterocycles. The second-order valence-corrected chi connectivity index (χ2v) is 4.90. The number of hydrogen-bond acceptors (Lipinski definition) is 3. The van der Waals surface area contributed by atoms with Crippen LogP contribution in [0, 0.1) is 5.41 Å². The van der Waals surface area contributed by atoms with Crippen LogP contribution >= 0.6 is 0 Å². The molecule has 3 amide bonds. The van der Waals surface area contributed by atoms with Crippen molar-refractivity contribution >= 4 is 17.9 Å². The van der Waals surface area contributed by atoms with Gasteiger partial charge in [-0.05, 0) is 19.8 Å². The summed E-state index contributed by atoms with van der Waals surface area (Å²) in [7, 11) is 0. The first-order chi connectivity index (χ1) is 8.46. The van der Waals surface area contributed by atoms with Gasteiger partial charge >= 0.3 is 12.0 Å². The average molecular weight is 255 g/mol. The Morgan fingerprint density at radius 1 is 1.56 bits per heavy atom. The van der Waals surface area contributed by atoms with Crippen molar-refractivity contribution < 1.29 is 19.5 Å². The number of urea groups is 1. The smallest absolute Gasteiger partial charge is 0.318 e. The van der Waals surface area contributed by atoms with Crippen LogP contribution in [-0.4, -0.2) is 53.6 Å². The molecule has 100 valence electrons. The summed E-state index contributed by atoms with van der Waals surface area (Å²) < 4.78 is 0. The Labute approximate surface area is 105 Å². The van der Waals surface area contributed by atoms with E-state index >= 15 is 0 Å². The number of nitrogens with zero attached hydrogens (tertiary/aromatic N) is 1. The SMILES string of the molecule is CC1C(=O)NCCN1C(=O)NCC1(C(=O)O)CC1. The van der Waals surface area contributed by atoms with Gasteiger partial charge in [0.05, 0.1) is 5.41 Å². The summed E-state index contributed by atoms with van der Waals surface area (Å²) in [6.45, 7) is 2.66. The number of amides is 3. The van der Waals surface area contributed by atoms with Gasteiger partial charge in [-0.15, -0.1) is 0 Å². The molecule has 1 atom stereocenters. The highest BCUT2D eigenvalue weighted by Gasteiger charge is 2.50. The predicted molar refractivity (Wildman–Crippen MR) is 61.9 cm³/mol. The quantitative estimate of drug-likeness (QED) is 0.626. The largest absolute Gasteiger partial charge is 0.481 e. The van der Waals surface area contributed by atoms with Crippen molar-refractivity contribution in [1.29, 1.82) is 0 Å². The molecule has 2 fully saturated rings. The number of carbonyl (C=O) groups excluding carboxylic acids is 2. The minimum Gasteiger partial charge on any atom is -0.481 e. The normalized spacial score (nSPS) is 25.3. The zero-order valence-electron chi connectivity index (χ0n) is 10.2. The van der Waals surface area contributed by atoms with E-state index in [1.807, 2.05) is 0 Å². The van der Waals surface area contributed by atoms with Crippen LogP contribution in [0.4, 0.5) is 4.79 Å². The number of carboxylic acid groups (broad SMARTS) is 1. The number of hydrogen-bond donors (Lipinski definition) is 3. The molecule has 3 N–H and O–H groups in total. The molecule has 1 unspecified atom stereocenters. The third-order valence-electron chi connectivity index (χ3n) is 3.64. The Kier molecular flexibility index (Phi) is 3.14. The Morgan fingerprint density at radius 2 is 2.22 bits per heavy atom. The van der Waals surface area contributed by atoms with Crippen LogP contribution < -0.4 is 10.6 Å². The van der Waals surface area contributed by atoms with Crippen molar-refractivity contribution in [1.82, 2.24) is 15.5 Å². The van der Waals surface area contributed by atoms with E-state index in [1.54, 1.807) is 6.92 Å². The fourth-order valence-electron chi connectivity index (χ4n) is 2.02. The van der Waals surface area contributed by atoms with Crippen molar-refractivity contribution in [2.75, 3.05) is 19.6 Å². The van der Waals surface area contributed by atoms with E-state index in [0.717, 1.165) is 0 Å². The summed E-state index contributed by atoms with van der Waals surface area (Å²) in [5.74, 6) is -1.05. The maximum absolute atomic E-state index is 11.9. The molecule has 1 saturated carbocycles. The number of nitrogens with one attached hydrogen (secondary N) is 2. The fourth-order valence-corrected chi connectivity index (χ4v) is 2.02. The third kappa shape index (κ3) is 2.25. The first kappa shape index (κ1) is 12.7. The molecule has 0 aromatic heterocycles. The van der Waals surface area contributed by atoms with Gasteiger partial charge in [-0.2, -0.15) is 0 Å². The van der Waals surface area contributed by atoms with Gasteiger partial charge in [0.25, 0.3) is 0 Å². The van der Waals surface area contributed by atoms with Gasteiger partial charge < -0.3 is 20.6 Å². The number of carboxylic acids is 1. The Hall–Kier alpha value is -1.79. The second-order valence-electron chi connectivity index (χ2n) is 4.90. The van der Waals surface area contributed by atoms with Crippen molar-refractivity contribution in [3.05, 3.63) is 0 Å². The topological polar surface area (TPSA) is 98.7 Å². The molecule has 0 aromatic rings. The lowest BCUT2D eigenvalue weighted by molar-refractivity contribution is -0.143. The van der Waals surface area contributed by atoms with Gasteiger partial charge in [-0.25, -0.2) is 4.79 Å². The zero-order valence-corrected chi connectivity index (χ0v) is 10.2. The molecule has 0 aromatic carbocycles. The van der Waals surface area contributed by atoms with Crippen LogP contribution in [0.3, 0.4) is 0 Å². The maximum atomic E-state index is 11.9. The van der Waals surface area contributed by atoms with E-state index in [1.165, 1.54) is 4.90 Å². The molecule has 7 nitrogen and oxygen atoms in total. The molecule has 2 aliphatic rings. The lowest BCUT2D eigenvalue weighted by atomic mass is 10.1. The van der Waals surface area contributed by atoms with E-state index in [4.69, 9.17) is 5.11 Å². The van der Waals surface area contributed by atoms with Crippen molar-refractivity contribution in [3.8, 4) is 0 Å². The molecule has 0 radical (unpaired) electrons. The molecule has 1 aliphatic carbocycles. The lowest BCUT2D eigenvalue weighted by Crippen LogP contribution is -2.58. The minimum atomic E-state index is -0.868. The maximum Gasteiger partial charge on any atom is 0.318 e. The molecule has 1 saturated heterocycles. The molecule has 2 rings (SSSR count). The number of rotatable bonds is 3. The fraction of sp³-hybridized carbons (Fsp3) is 0.727. The van der Waals surface area contributed by atoms with E-state index < -0.39 is 17.4 Å². The van der Waals surface area contributed by atoms with Crippen LogP contribution in [0.5, 0.6) is 0 Å². The molecule has 0 bridgehead atoms. The van der Waals surface area contributed by atoms with Crippen LogP contribution in [0.1, 0.15) is 19.8 Å². The summed E-state index contributed by atoms with van der Waals surface area (Å²) in [5, 5.41) is 14.3. The van der Waals surface area contributed by atoms with Gasteiger partial charge in [0.1, 0.15) is 6.04 Å². The molecule has 0 spiro atoms. The Bertz CT molecular complexity index is 392. The zero-order chi connectivity index (χ0) is 13.3. The van der Waals surface area contributed by atoms with Gasteiger partial charge in [0.2, 0.25) is 5.91 Å². The molecular formula is C11H17N3O4. The van der Waals surface area contributed by atoms with Crippen LogP contribution in [0.25, 0.3) is 0 Å². The molecule has 1 heterocycles. The third-order valence-corrected chi connectivity index (χ3v) is 3.64. The lowest BCUT2D eigenvalue weighted by Gasteiger charge is -2.33. The molecule has 18 heavy (non-hydrogen) atoms. The summed E-state index contributed by atoms with van der Waals surface area (Å²) in [4.78, 5) is 35.7. The number of piperazine rings is 1. The number of aliphatic carboxylic acids is 1. The van der Waals surface area contributed by atoms with Crippen LogP contribution in [-0.2, 0) is 9.59 Å². The minimum absolute atomic E-state index is 0.131. The van der Waals surface area contributed by atoms with Crippen LogP contribution in [0.15, 0.2) is 0 Å². The summed E-state index contributed by atoms with van der Waals surface area (Å²) in [5.41, 5.74) is -0.781. The van der Waals surface area contributed by atoms with E-state index in [2.05, 4.69) is 10.6 Å². The van der Waals surface area contributed by atoms with E-state index in [0.29, 0.717) is 25.9 Å². The van der Waals surface area contributed by atoms with Gasteiger partial charge in [0.15, 0.2) is 0 Å². The van der Waals surface area contributed by atoms with E-state index in [-0.39, 0.29) is 18.5 Å². The van der Waals surface area contributed by atoms with Crippen molar-refractivity contribution in [2.24, 2.45) is 5.41 Å². The standard InChI is InChI=1S/C11H17N3O4/c1-7-8(15)12-4-5-14(7)10(18)13-6-11(2-3-11)9(16)17/h7H,2-6H2,1H3,(H,12,15)(H,13,18)(H,16,17). The van der Waals surface area contributed by atoms with Crippen LogP contribution in [0.2, 0.25) is 0 Å². The van der Waals surface area contributed by atoms with Gasteiger partial charge in [-0.1, -0.05) is 0 Å². The average Bonchev–Trinajstić information content (AvgIpc) is 3.11. The highest BCUT2D eigenvalue weighted by molar-refractivity contribution is 5.88. The number of carbonyl (C=O) groups is 3. The van der Waals surface area contributed by atoms with Gasteiger partial charge in [-0.3, -0.25) is 9.59 Å². The monoisotopic (exact) mass is 255 g/mol. The van der Waals surface area contributed by atoms with Crippen molar-refractivity contribution in [2.45, 2.75) is 25.8 Å². The summed E-state index contributed by atoms with van der Waals surface area (Å²) in [6.07, 6.45) is 1.19. The summed E-state index contributed by atoms with van der Waals surface area (Å²) in [6, 6.07) is -0.886. The second kappa shape index (κ2) is 4.47. The Morgan fingerprint density at radius 3 is 2.78 bits per heavy atom. The molecule has 7 heteroatoms. The summed E-state index contributed by atoms with van der Waals surface area (Å²) >= 11 is 0. The Balaban J connectivity index is 1.88. The van der Waals surface area contributed by atoms with Crippen molar-refractivity contribution in [3.63, 3.8) is 0 Å². The van der Waals surface area contributed by atoms with Gasteiger partial charge in [0, 0.05) is 19.6 Å². The molecular weight excluding hydrogens is 238 g/mol. The first-order valence-electron chi connectivity index (χ1n) is 6.02. The highest BCUT2D eigenvalue weighted by Crippen LogP contribution is 2.45. The predicted octanol–water partition coefficient (Wildman–Crippen LogP) is -0.619.